The summed E-state index contributed by atoms with van der Waals surface area (Å²) < 4.78 is 0. The molecule has 1 atom stereocenters. The Kier molecular flexibility index (Phi) is 5.72. The molecule has 0 fully saturated rings. The number of hydrogen-bond acceptors (Lipinski definition) is 4. The number of nitrogens with one attached hydrogen (secondary N) is 2. The van der Waals surface area contributed by atoms with Crippen molar-refractivity contribution in [2.24, 2.45) is 0 Å². The van der Waals surface area contributed by atoms with Crippen LogP contribution in [0.4, 0.5) is 11.4 Å². The van der Waals surface area contributed by atoms with Crippen molar-refractivity contribution in [2.75, 3.05) is 24.2 Å². The van der Waals surface area contributed by atoms with E-state index in [4.69, 9.17) is 0 Å². The Labute approximate surface area is 178 Å². The van der Waals surface area contributed by atoms with E-state index in [2.05, 4.69) is 10.6 Å². The molecule has 1 aliphatic heterocycles. The molecule has 0 aliphatic carbocycles. The van der Waals surface area contributed by atoms with Gasteiger partial charge >= 0.3 is 0 Å². The number of benzene rings is 3. The second-order valence-corrected chi connectivity index (χ2v) is 8.37. The van der Waals surface area contributed by atoms with E-state index >= 15 is 0 Å². The number of fused-ring (bicyclic) bond motifs is 2. The molecule has 0 bridgehead atoms. The Hall–Kier alpha value is -3.32. The number of anilines is 2. The smallest absolute Gasteiger partial charge is 0.243 e. The van der Waals surface area contributed by atoms with Gasteiger partial charge in [0, 0.05) is 29.4 Å². The molecule has 4 rings (SSSR count). The highest BCUT2D eigenvalue weighted by atomic mass is 32.2. The molecule has 0 saturated heterocycles. The van der Waals surface area contributed by atoms with Crippen LogP contribution in [0.1, 0.15) is 6.42 Å². The van der Waals surface area contributed by atoms with Gasteiger partial charge in [0.2, 0.25) is 17.7 Å². The number of carbonyl (C=O) groups excluding carboxylic acids is 3. The fourth-order valence-corrected chi connectivity index (χ4v) is 4.47. The van der Waals surface area contributed by atoms with Crippen molar-refractivity contribution in [2.45, 2.75) is 16.6 Å². The van der Waals surface area contributed by atoms with Gasteiger partial charge in [-0.25, -0.2) is 0 Å². The summed E-state index contributed by atoms with van der Waals surface area (Å²) in [6.45, 7) is -0.0857. The van der Waals surface area contributed by atoms with E-state index in [0.29, 0.717) is 5.69 Å². The molecule has 1 heterocycles. The van der Waals surface area contributed by atoms with Crippen molar-refractivity contribution < 1.29 is 14.4 Å². The van der Waals surface area contributed by atoms with Crippen LogP contribution in [0.25, 0.3) is 10.8 Å². The van der Waals surface area contributed by atoms with Gasteiger partial charge in [0.1, 0.15) is 0 Å². The van der Waals surface area contributed by atoms with E-state index in [9.17, 15) is 14.4 Å². The average molecular weight is 420 g/mol. The lowest BCUT2D eigenvalue weighted by atomic mass is 10.1. The molecule has 0 radical (unpaired) electrons. The summed E-state index contributed by atoms with van der Waals surface area (Å²) in [7, 11) is 1.57. The zero-order valence-electron chi connectivity index (χ0n) is 16.4. The van der Waals surface area contributed by atoms with Gasteiger partial charge in [0.25, 0.3) is 0 Å². The summed E-state index contributed by atoms with van der Waals surface area (Å²) in [6.07, 6.45) is 0.0306. The third kappa shape index (κ3) is 4.31. The van der Waals surface area contributed by atoms with Crippen LogP contribution in [0.15, 0.2) is 71.6 Å². The fraction of sp³-hybridized carbons (Fsp3) is 0.174. The first-order valence-corrected chi connectivity index (χ1v) is 10.5. The topological polar surface area (TPSA) is 78.5 Å². The zero-order chi connectivity index (χ0) is 21.1. The molecule has 0 unspecified atom stereocenters. The molecule has 0 saturated carbocycles. The van der Waals surface area contributed by atoms with E-state index in [1.54, 1.807) is 7.05 Å². The molecule has 152 valence electrons. The first-order valence-electron chi connectivity index (χ1n) is 9.59. The Morgan fingerprint density at radius 1 is 1.03 bits per heavy atom. The van der Waals surface area contributed by atoms with E-state index in [-0.39, 0.29) is 30.7 Å². The average Bonchev–Trinajstić information content (AvgIpc) is 2.74. The molecular weight excluding hydrogens is 398 g/mol. The Balaban J connectivity index is 1.36. The predicted molar refractivity (Wildman–Crippen MR) is 120 cm³/mol. The van der Waals surface area contributed by atoms with Crippen LogP contribution in [0, 0.1) is 0 Å². The predicted octanol–water partition coefficient (Wildman–Crippen LogP) is 3.74. The van der Waals surface area contributed by atoms with Gasteiger partial charge in [-0.2, -0.15) is 0 Å². The first-order chi connectivity index (χ1) is 14.5. The van der Waals surface area contributed by atoms with Crippen molar-refractivity contribution in [3.05, 3.63) is 66.7 Å². The molecule has 2 N–H and O–H groups in total. The second-order valence-electron chi connectivity index (χ2n) is 7.12. The summed E-state index contributed by atoms with van der Waals surface area (Å²) in [5.41, 5.74) is 1.47. The maximum atomic E-state index is 12.6. The van der Waals surface area contributed by atoms with Crippen molar-refractivity contribution in [3.63, 3.8) is 0 Å². The normalized spacial score (nSPS) is 15.2. The molecule has 3 amide bonds. The van der Waals surface area contributed by atoms with Gasteiger partial charge < -0.3 is 15.5 Å². The maximum Gasteiger partial charge on any atom is 0.243 e. The van der Waals surface area contributed by atoms with Gasteiger partial charge in [0.15, 0.2) is 0 Å². The SMILES string of the molecule is CN(CC(=O)Nc1cccc2ccccc12)C(=O)C[C@@H]1Sc2ccccc2NC1=O. The number of carbonyl (C=O) groups is 3. The second kappa shape index (κ2) is 8.59. The van der Waals surface area contributed by atoms with Crippen LogP contribution in [0.5, 0.6) is 0 Å². The van der Waals surface area contributed by atoms with Crippen LogP contribution in [-0.4, -0.2) is 41.5 Å². The minimum absolute atomic E-state index is 0.0306. The van der Waals surface area contributed by atoms with E-state index < -0.39 is 5.25 Å². The highest BCUT2D eigenvalue weighted by Crippen LogP contribution is 2.36. The summed E-state index contributed by atoms with van der Waals surface area (Å²) in [4.78, 5) is 39.7. The summed E-state index contributed by atoms with van der Waals surface area (Å²) in [6, 6.07) is 21.0. The van der Waals surface area contributed by atoms with Crippen LogP contribution in [-0.2, 0) is 14.4 Å². The van der Waals surface area contributed by atoms with Gasteiger partial charge in [-0.15, -0.1) is 11.8 Å². The highest BCUT2D eigenvalue weighted by molar-refractivity contribution is 8.01. The van der Waals surface area contributed by atoms with Gasteiger partial charge in [-0.1, -0.05) is 48.5 Å². The number of amides is 3. The summed E-state index contributed by atoms with van der Waals surface area (Å²) >= 11 is 1.37. The first kappa shape index (κ1) is 20.0. The van der Waals surface area contributed by atoms with Crippen molar-refractivity contribution in [1.29, 1.82) is 0 Å². The van der Waals surface area contributed by atoms with Crippen LogP contribution in [0.2, 0.25) is 0 Å². The highest BCUT2D eigenvalue weighted by Gasteiger charge is 2.30. The Bertz CT molecular complexity index is 1130. The lowest BCUT2D eigenvalue weighted by Crippen LogP contribution is -2.39. The monoisotopic (exact) mass is 419 g/mol. The molecule has 0 aromatic heterocycles. The Morgan fingerprint density at radius 2 is 1.77 bits per heavy atom. The van der Waals surface area contributed by atoms with E-state index in [1.807, 2.05) is 66.7 Å². The minimum atomic E-state index is -0.518. The number of rotatable bonds is 5. The van der Waals surface area contributed by atoms with Crippen molar-refractivity contribution in [1.82, 2.24) is 4.90 Å². The van der Waals surface area contributed by atoms with Gasteiger partial charge in [-0.3, -0.25) is 14.4 Å². The summed E-state index contributed by atoms with van der Waals surface area (Å²) in [5.74, 6) is -0.732. The Morgan fingerprint density at radius 3 is 2.63 bits per heavy atom. The molecule has 6 nitrogen and oxygen atoms in total. The molecule has 1 aliphatic rings. The molecule has 3 aromatic rings. The quantitative estimate of drug-likeness (QED) is 0.660. The molecule has 30 heavy (non-hydrogen) atoms. The lowest BCUT2D eigenvalue weighted by molar-refractivity contribution is -0.134. The summed E-state index contributed by atoms with van der Waals surface area (Å²) in [5, 5.41) is 7.17. The number of para-hydroxylation sites is 1. The third-order valence-corrected chi connectivity index (χ3v) is 6.21. The van der Waals surface area contributed by atoms with Crippen LogP contribution < -0.4 is 10.6 Å². The third-order valence-electron chi connectivity index (χ3n) is 4.94. The van der Waals surface area contributed by atoms with Crippen molar-refractivity contribution in [3.8, 4) is 0 Å². The largest absolute Gasteiger partial charge is 0.336 e. The molecule has 0 spiro atoms. The van der Waals surface area contributed by atoms with Crippen molar-refractivity contribution >= 4 is 51.6 Å². The maximum absolute atomic E-state index is 12.6. The van der Waals surface area contributed by atoms with Crippen LogP contribution >= 0.6 is 11.8 Å². The number of nitrogens with zero attached hydrogens (tertiary/aromatic N) is 1. The van der Waals surface area contributed by atoms with Gasteiger partial charge in [0.05, 0.1) is 17.5 Å². The minimum Gasteiger partial charge on any atom is -0.336 e. The van der Waals surface area contributed by atoms with Gasteiger partial charge in [-0.05, 0) is 23.6 Å². The molecule has 3 aromatic carbocycles. The number of thioether (sulfide) groups is 1. The van der Waals surface area contributed by atoms with E-state index in [0.717, 1.165) is 21.4 Å². The fourth-order valence-electron chi connectivity index (χ4n) is 3.37. The molecule has 7 heteroatoms. The molecular formula is C23H21N3O3S. The standard InChI is InChI=1S/C23H21N3O3S/c1-26(14-21(27)24-17-11-6-8-15-7-2-3-9-16(15)17)22(28)13-20-23(29)25-18-10-4-5-12-19(18)30-20/h2-12,20H,13-14H2,1H3,(H,24,27)(H,25,29)/t20-/m0/s1. The van der Waals surface area contributed by atoms with E-state index in [1.165, 1.54) is 16.7 Å². The van der Waals surface area contributed by atoms with Crippen LogP contribution in [0.3, 0.4) is 0 Å². The lowest BCUT2D eigenvalue weighted by Gasteiger charge is -2.25. The number of likely N-dealkylation sites (N-methyl/N-ethyl adjacent to an activating group) is 1. The number of hydrogen-bond donors (Lipinski definition) is 2. The zero-order valence-corrected chi connectivity index (χ0v) is 17.2.